The maximum absolute atomic E-state index is 12.7. The van der Waals surface area contributed by atoms with Crippen molar-refractivity contribution in [3.8, 4) is 6.07 Å². The van der Waals surface area contributed by atoms with Gasteiger partial charge in [-0.1, -0.05) is 11.6 Å². The van der Waals surface area contributed by atoms with Gasteiger partial charge in [0.1, 0.15) is 18.2 Å². The summed E-state index contributed by atoms with van der Waals surface area (Å²) < 4.78 is 27.8. The average molecular weight is 450 g/mol. The van der Waals surface area contributed by atoms with Crippen LogP contribution in [0.5, 0.6) is 0 Å². The molecule has 0 bridgehead atoms. The van der Waals surface area contributed by atoms with Crippen LogP contribution in [0.2, 0.25) is 5.02 Å². The van der Waals surface area contributed by atoms with Crippen molar-refractivity contribution in [1.29, 1.82) is 5.26 Å². The van der Waals surface area contributed by atoms with Gasteiger partial charge in [0.25, 0.3) is 5.56 Å². The number of carbonyl (C=O) groups excluding carboxylic acids is 1. The summed E-state index contributed by atoms with van der Waals surface area (Å²) in [6, 6.07) is 7.77. The fourth-order valence-electron chi connectivity index (χ4n) is 3.17. The second kappa shape index (κ2) is 8.55. The van der Waals surface area contributed by atoms with E-state index in [9.17, 15) is 23.3 Å². The van der Waals surface area contributed by atoms with Gasteiger partial charge in [0.15, 0.2) is 0 Å². The van der Waals surface area contributed by atoms with Crippen LogP contribution in [-0.2, 0) is 21.4 Å². The molecule has 2 aromatic rings. The molecule has 0 spiro atoms. The van der Waals surface area contributed by atoms with Gasteiger partial charge in [-0.3, -0.25) is 9.59 Å². The number of benzene rings is 1. The number of aromatic nitrogens is 2. The lowest BCUT2D eigenvalue weighted by atomic mass is 10.1. The summed E-state index contributed by atoms with van der Waals surface area (Å²) in [4.78, 5) is 26.6. The first kappa shape index (κ1) is 22.0. The average Bonchev–Trinajstić information content (AvgIpc) is 2.73. The third-order valence-corrected chi connectivity index (χ3v) is 7.24. The number of hydrogen-bond donors (Lipinski definition) is 0. The van der Waals surface area contributed by atoms with Crippen molar-refractivity contribution in [1.82, 2.24) is 19.0 Å². The third-order valence-electron chi connectivity index (χ3n) is 5.08. The van der Waals surface area contributed by atoms with Crippen molar-refractivity contribution in [3.63, 3.8) is 0 Å². The van der Waals surface area contributed by atoms with E-state index in [1.54, 1.807) is 13.8 Å². The maximum atomic E-state index is 12.7. The van der Waals surface area contributed by atoms with Crippen molar-refractivity contribution >= 4 is 27.5 Å². The van der Waals surface area contributed by atoms with E-state index in [-0.39, 0.29) is 49.1 Å². The molecule has 11 heteroatoms. The minimum Gasteiger partial charge on any atom is -0.338 e. The Bertz CT molecular complexity index is 1180. The third kappa shape index (κ3) is 4.23. The first-order chi connectivity index (χ1) is 14.1. The zero-order chi connectivity index (χ0) is 22.1. The van der Waals surface area contributed by atoms with Crippen LogP contribution in [0.4, 0.5) is 0 Å². The van der Waals surface area contributed by atoms with Gasteiger partial charge in [-0.25, -0.2) is 13.1 Å². The van der Waals surface area contributed by atoms with Gasteiger partial charge in [-0.2, -0.15) is 14.7 Å². The van der Waals surface area contributed by atoms with Crippen LogP contribution in [-0.4, -0.2) is 59.5 Å². The normalized spacial score (nSPS) is 15.1. The number of rotatable bonds is 4. The number of nitrogens with zero attached hydrogens (tertiary/aromatic N) is 5. The van der Waals surface area contributed by atoms with E-state index in [2.05, 4.69) is 5.10 Å². The van der Waals surface area contributed by atoms with Crippen molar-refractivity contribution < 1.29 is 13.2 Å². The molecule has 0 radical (unpaired) electrons. The Morgan fingerprint density at radius 3 is 2.33 bits per heavy atom. The van der Waals surface area contributed by atoms with E-state index in [0.29, 0.717) is 16.3 Å². The Labute approximate surface area is 179 Å². The molecule has 3 rings (SSSR count). The maximum Gasteiger partial charge on any atom is 0.285 e. The Balaban J connectivity index is 1.69. The lowest BCUT2D eigenvalue weighted by Gasteiger charge is -2.34. The van der Waals surface area contributed by atoms with Crippen LogP contribution >= 0.6 is 11.6 Å². The molecule has 2 heterocycles. The van der Waals surface area contributed by atoms with Crippen LogP contribution in [0, 0.1) is 25.2 Å². The molecule has 1 amide bonds. The van der Waals surface area contributed by atoms with E-state index in [1.165, 1.54) is 33.5 Å². The van der Waals surface area contributed by atoms with Gasteiger partial charge in [0.2, 0.25) is 15.9 Å². The molecule has 0 N–H and O–H groups in total. The summed E-state index contributed by atoms with van der Waals surface area (Å²) in [6.45, 7) is 3.64. The standard InChI is InChI=1S/C19H20ClN5O4S/c1-13-14(2)22-25(19(27)17(13)11-21)12-18(26)23-7-9-24(10-8-23)30(28,29)16-5-3-15(20)4-6-16/h3-6H,7-10,12H2,1-2H3. The number of piperazine rings is 1. The highest BCUT2D eigenvalue weighted by molar-refractivity contribution is 7.89. The second-order valence-corrected chi connectivity index (χ2v) is 9.27. The van der Waals surface area contributed by atoms with Crippen LogP contribution in [0.25, 0.3) is 0 Å². The van der Waals surface area contributed by atoms with Crippen molar-refractivity contribution in [2.75, 3.05) is 26.2 Å². The molecule has 158 valence electrons. The molecule has 1 aliphatic heterocycles. The minimum absolute atomic E-state index is 0.0332. The van der Waals surface area contributed by atoms with Crippen molar-refractivity contribution in [3.05, 3.63) is 56.5 Å². The molecule has 30 heavy (non-hydrogen) atoms. The SMILES string of the molecule is Cc1nn(CC(=O)N2CCN(S(=O)(=O)c3ccc(Cl)cc3)CC2)c(=O)c(C#N)c1C. The van der Waals surface area contributed by atoms with Gasteiger partial charge < -0.3 is 4.90 Å². The Kier molecular flexibility index (Phi) is 6.26. The molecule has 9 nitrogen and oxygen atoms in total. The summed E-state index contributed by atoms with van der Waals surface area (Å²) in [5, 5.41) is 13.7. The first-order valence-electron chi connectivity index (χ1n) is 9.17. The first-order valence-corrected chi connectivity index (χ1v) is 11.0. The Hall–Kier alpha value is -2.74. The zero-order valence-corrected chi connectivity index (χ0v) is 18.1. The number of amides is 1. The molecule has 1 aliphatic rings. The molecule has 1 aromatic carbocycles. The highest BCUT2D eigenvalue weighted by Gasteiger charge is 2.30. The van der Waals surface area contributed by atoms with Gasteiger partial charge in [-0.15, -0.1) is 0 Å². The van der Waals surface area contributed by atoms with E-state index in [1.807, 2.05) is 6.07 Å². The van der Waals surface area contributed by atoms with Crippen molar-refractivity contribution in [2.24, 2.45) is 0 Å². The second-order valence-electron chi connectivity index (χ2n) is 6.90. The number of halogens is 1. The molecule has 1 fully saturated rings. The van der Waals surface area contributed by atoms with E-state index >= 15 is 0 Å². The Morgan fingerprint density at radius 2 is 1.77 bits per heavy atom. The van der Waals surface area contributed by atoms with Crippen LogP contribution in [0.3, 0.4) is 0 Å². The summed E-state index contributed by atoms with van der Waals surface area (Å²) in [6.07, 6.45) is 0. The van der Waals surface area contributed by atoms with Crippen LogP contribution < -0.4 is 5.56 Å². The zero-order valence-electron chi connectivity index (χ0n) is 16.5. The fourth-order valence-corrected chi connectivity index (χ4v) is 4.72. The smallest absolute Gasteiger partial charge is 0.285 e. The number of sulfonamides is 1. The molecular formula is C19H20ClN5O4S. The predicted octanol–water partition coefficient (Wildman–Crippen LogP) is 0.918. The topological polar surface area (TPSA) is 116 Å². The van der Waals surface area contributed by atoms with Gasteiger partial charge >= 0.3 is 0 Å². The van der Waals surface area contributed by atoms with Gasteiger partial charge in [0, 0.05) is 31.2 Å². The van der Waals surface area contributed by atoms with E-state index in [4.69, 9.17) is 11.6 Å². The molecule has 0 atom stereocenters. The molecule has 1 saturated heterocycles. The number of nitriles is 1. The fraction of sp³-hybridized carbons (Fsp3) is 0.368. The molecule has 1 aromatic heterocycles. The van der Waals surface area contributed by atoms with Crippen LogP contribution in [0.15, 0.2) is 34.0 Å². The van der Waals surface area contributed by atoms with Crippen molar-refractivity contribution in [2.45, 2.75) is 25.3 Å². The monoisotopic (exact) mass is 449 g/mol. The minimum atomic E-state index is -3.68. The lowest BCUT2D eigenvalue weighted by Crippen LogP contribution is -2.51. The summed E-state index contributed by atoms with van der Waals surface area (Å²) >= 11 is 5.82. The van der Waals surface area contributed by atoms with Gasteiger partial charge in [-0.05, 0) is 43.7 Å². The largest absolute Gasteiger partial charge is 0.338 e. The highest BCUT2D eigenvalue weighted by Crippen LogP contribution is 2.20. The van der Waals surface area contributed by atoms with E-state index < -0.39 is 15.6 Å². The summed E-state index contributed by atoms with van der Waals surface area (Å²) in [5.74, 6) is -0.361. The molecule has 0 unspecified atom stereocenters. The Morgan fingerprint density at radius 1 is 1.17 bits per heavy atom. The van der Waals surface area contributed by atoms with Gasteiger partial charge in [0.05, 0.1) is 10.6 Å². The highest BCUT2D eigenvalue weighted by atomic mass is 35.5. The number of carbonyl (C=O) groups is 1. The summed E-state index contributed by atoms with van der Waals surface area (Å²) in [5.41, 5.74) is 0.345. The number of aryl methyl sites for hydroxylation is 1. The molecule has 0 aliphatic carbocycles. The van der Waals surface area contributed by atoms with Crippen LogP contribution in [0.1, 0.15) is 16.8 Å². The lowest BCUT2D eigenvalue weighted by molar-refractivity contribution is -0.133. The molecule has 0 saturated carbocycles. The number of hydrogen-bond acceptors (Lipinski definition) is 6. The molecular weight excluding hydrogens is 430 g/mol. The summed E-state index contributed by atoms with van der Waals surface area (Å²) in [7, 11) is -3.68. The predicted molar refractivity (Wildman–Crippen MR) is 109 cm³/mol. The van der Waals surface area contributed by atoms with E-state index in [0.717, 1.165) is 4.68 Å². The quantitative estimate of drug-likeness (QED) is 0.685.